The summed E-state index contributed by atoms with van der Waals surface area (Å²) in [5, 5.41) is 9.59. The zero-order chi connectivity index (χ0) is 14.3. The fourth-order valence-electron chi connectivity index (χ4n) is 2.41. The number of unbranched alkanes of at least 4 members (excludes halogenated alkanes) is 1. The number of nitrogen functional groups attached to an aromatic ring is 1. The van der Waals surface area contributed by atoms with Crippen molar-refractivity contribution in [2.45, 2.75) is 33.1 Å². The number of benzene rings is 1. The molecule has 2 N–H and O–H groups in total. The van der Waals surface area contributed by atoms with Gasteiger partial charge in [0.05, 0.1) is 16.7 Å². The van der Waals surface area contributed by atoms with Gasteiger partial charge in [0.2, 0.25) is 0 Å². The van der Waals surface area contributed by atoms with Gasteiger partial charge in [-0.3, -0.25) is 4.40 Å². The summed E-state index contributed by atoms with van der Waals surface area (Å²) in [7, 11) is 2.66. The molecule has 1 atom stereocenters. The zero-order valence-electron chi connectivity index (χ0n) is 11.7. The van der Waals surface area contributed by atoms with Crippen LogP contribution in [0.15, 0.2) is 12.1 Å². The number of aromatic nitrogens is 4. The highest BCUT2D eigenvalue weighted by Gasteiger charge is 2.13. The summed E-state index contributed by atoms with van der Waals surface area (Å²) < 4.78 is 2.11. The molecule has 0 bridgehead atoms. The second-order valence-electron chi connectivity index (χ2n) is 5.05. The van der Waals surface area contributed by atoms with Crippen LogP contribution in [0.2, 0.25) is 0 Å². The first-order chi connectivity index (χ1) is 9.61. The Morgan fingerprint density at radius 2 is 2.10 bits per heavy atom. The zero-order valence-corrected chi connectivity index (χ0v) is 12.9. The summed E-state index contributed by atoms with van der Waals surface area (Å²) in [6, 6.07) is 3.95. The van der Waals surface area contributed by atoms with Gasteiger partial charge in [-0.1, -0.05) is 13.3 Å². The summed E-state index contributed by atoms with van der Waals surface area (Å²) >= 11 is 0. The van der Waals surface area contributed by atoms with Crippen molar-refractivity contribution in [2.24, 2.45) is 0 Å². The highest BCUT2D eigenvalue weighted by molar-refractivity contribution is 7.28. The molecule has 0 aliphatic rings. The second-order valence-corrected chi connectivity index (χ2v) is 5.67. The first kappa shape index (κ1) is 13.3. The van der Waals surface area contributed by atoms with Gasteiger partial charge < -0.3 is 5.73 Å². The molecule has 0 saturated carbocycles. The third-order valence-corrected chi connectivity index (χ3v) is 4.02. The van der Waals surface area contributed by atoms with Gasteiger partial charge in [-0.05, 0) is 30.8 Å². The van der Waals surface area contributed by atoms with Crippen molar-refractivity contribution >= 4 is 36.9 Å². The van der Waals surface area contributed by atoms with Crippen LogP contribution in [0.1, 0.15) is 31.3 Å². The fourth-order valence-corrected chi connectivity index (χ4v) is 2.65. The Balaban J connectivity index is 2.36. The lowest BCUT2D eigenvalue weighted by Gasteiger charge is -2.08. The average Bonchev–Trinajstić information content (AvgIpc) is 2.84. The van der Waals surface area contributed by atoms with Crippen molar-refractivity contribution in [3.05, 3.63) is 23.7 Å². The predicted molar refractivity (Wildman–Crippen MR) is 85.4 cm³/mol. The molecule has 0 aliphatic carbocycles. The third kappa shape index (κ3) is 2.02. The molecule has 2 aromatic heterocycles. The third-order valence-electron chi connectivity index (χ3n) is 3.52. The van der Waals surface area contributed by atoms with Gasteiger partial charge in [0.1, 0.15) is 5.82 Å². The number of hydrogen-bond donors (Lipinski definition) is 1. The molecule has 0 spiro atoms. The fraction of sp³-hybridized carbons (Fsp3) is 0.357. The Morgan fingerprint density at radius 3 is 2.85 bits per heavy atom. The van der Waals surface area contributed by atoms with Gasteiger partial charge in [0.25, 0.3) is 0 Å². The maximum Gasteiger partial charge on any atom is 0.182 e. The molecule has 3 aromatic rings. The van der Waals surface area contributed by atoms with E-state index in [4.69, 9.17) is 5.73 Å². The second kappa shape index (κ2) is 4.98. The molecule has 104 valence electrons. The highest BCUT2D eigenvalue weighted by Crippen LogP contribution is 2.21. The molecule has 6 heteroatoms. The van der Waals surface area contributed by atoms with Crippen molar-refractivity contribution in [3.63, 3.8) is 0 Å². The highest BCUT2D eigenvalue weighted by atomic mass is 31.0. The van der Waals surface area contributed by atoms with Crippen LogP contribution in [-0.4, -0.2) is 19.6 Å². The van der Waals surface area contributed by atoms with Crippen LogP contribution >= 0.6 is 9.24 Å². The largest absolute Gasteiger partial charge is 0.398 e. The monoisotopic (exact) mass is 287 g/mol. The van der Waals surface area contributed by atoms with Crippen molar-refractivity contribution in [1.82, 2.24) is 19.6 Å². The molecule has 0 amide bonds. The van der Waals surface area contributed by atoms with E-state index in [0.717, 1.165) is 58.5 Å². The van der Waals surface area contributed by atoms with E-state index in [1.54, 1.807) is 0 Å². The van der Waals surface area contributed by atoms with E-state index < -0.39 is 0 Å². The maximum atomic E-state index is 5.97. The van der Waals surface area contributed by atoms with Gasteiger partial charge in [0.15, 0.2) is 5.65 Å². The Kier molecular flexibility index (Phi) is 3.30. The minimum Gasteiger partial charge on any atom is -0.398 e. The predicted octanol–water partition coefficient (Wildman–Crippen LogP) is 2.01. The van der Waals surface area contributed by atoms with E-state index in [0.29, 0.717) is 0 Å². The maximum absolute atomic E-state index is 5.97. The standard InChI is InChI=1S/C14H18N5P/c1-3-4-5-13-17-18-14-8(2)16-10-6-9(15)12(20)7-11(10)19(13)14/h6-7H,3-5,15,20H2,1-2H3. The molecule has 0 saturated heterocycles. The molecule has 1 aromatic carbocycles. The van der Waals surface area contributed by atoms with Crippen LogP contribution in [0.3, 0.4) is 0 Å². The lowest BCUT2D eigenvalue weighted by atomic mass is 10.2. The van der Waals surface area contributed by atoms with Crippen LogP contribution in [0.5, 0.6) is 0 Å². The minimum atomic E-state index is 0.733. The topological polar surface area (TPSA) is 69.1 Å². The van der Waals surface area contributed by atoms with Crippen LogP contribution < -0.4 is 11.0 Å². The Labute approximate surface area is 119 Å². The van der Waals surface area contributed by atoms with Crippen molar-refractivity contribution < 1.29 is 0 Å². The van der Waals surface area contributed by atoms with Crippen molar-refractivity contribution in [1.29, 1.82) is 0 Å². The Morgan fingerprint density at radius 1 is 1.30 bits per heavy atom. The van der Waals surface area contributed by atoms with Crippen LogP contribution in [0, 0.1) is 6.92 Å². The van der Waals surface area contributed by atoms with E-state index in [-0.39, 0.29) is 0 Å². The first-order valence-corrected chi connectivity index (χ1v) is 7.39. The molecule has 0 radical (unpaired) electrons. The van der Waals surface area contributed by atoms with Gasteiger partial charge in [0, 0.05) is 12.1 Å². The number of fused-ring (bicyclic) bond motifs is 3. The average molecular weight is 287 g/mol. The number of nitrogens with two attached hydrogens (primary N) is 1. The number of hydrogen-bond acceptors (Lipinski definition) is 4. The van der Waals surface area contributed by atoms with Crippen molar-refractivity contribution in [3.8, 4) is 0 Å². The van der Waals surface area contributed by atoms with Gasteiger partial charge in [-0.2, -0.15) is 0 Å². The lowest BCUT2D eigenvalue weighted by molar-refractivity contribution is 0.747. The molecule has 0 aliphatic heterocycles. The quantitative estimate of drug-likeness (QED) is 0.591. The summed E-state index contributed by atoms with van der Waals surface area (Å²) in [4.78, 5) is 4.59. The minimum absolute atomic E-state index is 0.733. The molecule has 5 nitrogen and oxygen atoms in total. The van der Waals surface area contributed by atoms with Crippen LogP contribution in [0.4, 0.5) is 5.69 Å². The summed E-state index contributed by atoms with van der Waals surface area (Å²) in [6.45, 7) is 4.13. The Hall–Kier alpha value is -1.74. The smallest absolute Gasteiger partial charge is 0.182 e. The number of nitrogens with zero attached hydrogens (tertiary/aromatic N) is 4. The molecular weight excluding hydrogens is 269 g/mol. The van der Waals surface area contributed by atoms with Crippen LogP contribution in [-0.2, 0) is 6.42 Å². The van der Waals surface area contributed by atoms with Gasteiger partial charge >= 0.3 is 0 Å². The summed E-state index contributed by atoms with van der Waals surface area (Å²) in [5.74, 6) is 0.992. The van der Waals surface area contributed by atoms with Crippen LogP contribution in [0.25, 0.3) is 16.7 Å². The lowest BCUT2D eigenvalue weighted by Crippen LogP contribution is -2.06. The SMILES string of the molecule is CCCCc1nnc2c(C)nc3cc(N)c(P)cc3n12. The number of aryl methyl sites for hydroxylation is 2. The number of rotatable bonds is 3. The Bertz CT molecular complexity index is 793. The summed E-state index contributed by atoms with van der Waals surface area (Å²) in [6.07, 6.45) is 3.16. The number of anilines is 1. The first-order valence-electron chi connectivity index (χ1n) is 6.81. The van der Waals surface area contributed by atoms with E-state index in [1.807, 2.05) is 19.1 Å². The van der Waals surface area contributed by atoms with Crippen molar-refractivity contribution in [2.75, 3.05) is 5.73 Å². The van der Waals surface area contributed by atoms with E-state index in [1.165, 1.54) is 0 Å². The van der Waals surface area contributed by atoms with Gasteiger partial charge in [-0.15, -0.1) is 19.4 Å². The van der Waals surface area contributed by atoms with E-state index in [2.05, 4.69) is 35.7 Å². The van der Waals surface area contributed by atoms with E-state index >= 15 is 0 Å². The summed E-state index contributed by atoms with van der Waals surface area (Å²) in [5.41, 5.74) is 10.3. The molecule has 1 unspecified atom stereocenters. The van der Waals surface area contributed by atoms with E-state index in [9.17, 15) is 0 Å². The molecule has 20 heavy (non-hydrogen) atoms. The molecular formula is C14H18N5P. The molecule has 3 rings (SSSR count). The normalized spacial score (nSPS) is 11.6. The van der Waals surface area contributed by atoms with Gasteiger partial charge in [-0.25, -0.2) is 4.98 Å². The molecule has 0 fully saturated rings. The molecule has 2 heterocycles.